The minimum Gasteiger partial charge on any atom is -0.497 e. The summed E-state index contributed by atoms with van der Waals surface area (Å²) in [5.41, 5.74) is 1.99. The largest absolute Gasteiger partial charge is 0.497 e. The lowest BCUT2D eigenvalue weighted by molar-refractivity contribution is -0.125. The van der Waals surface area contributed by atoms with Gasteiger partial charge in [-0.1, -0.05) is 12.1 Å². The van der Waals surface area contributed by atoms with Gasteiger partial charge < -0.3 is 10.1 Å². The fourth-order valence-corrected chi connectivity index (χ4v) is 3.88. The number of nitrogens with zero attached hydrogens (tertiary/aromatic N) is 2. The third-order valence-electron chi connectivity index (χ3n) is 5.09. The molecule has 172 valence electrons. The van der Waals surface area contributed by atoms with Crippen molar-refractivity contribution in [3.05, 3.63) is 70.5 Å². The zero-order chi connectivity index (χ0) is 23.6. The standard InChI is InChI=1S/C23H21F3N4O2S/c1-32-17-7-5-16(6-8-17)30-20-15(12-27-22(29-20)28-13-23(24,25)26)11-19(21(30)31)14-3-9-18(33-2)10-4-14/h3-12,22,28-29H,13H2,1-2H3. The summed E-state index contributed by atoms with van der Waals surface area (Å²) in [6.45, 7) is -1.22. The van der Waals surface area contributed by atoms with Gasteiger partial charge in [0.2, 0.25) is 0 Å². The van der Waals surface area contributed by atoms with Gasteiger partial charge in [-0.2, -0.15) is 13.2 Å². The van der Waals surface area contributed by atoms with Crippen molar-refractivity contribution < 1.29 is 17.9 Å². The van der Waals surface area contributed by atoms with Gasteiger partial charge in [-0.3, -0.25) is 19.7 Å². The molecule has 6 nitrogen and oxygen atoms in total. The highest BCUT2D eigenvalue weighted by Crippen LogP contribution is 2.28. The van der Waals surface area contributed by atoms with E-state index >= 15 is 0 Å². The number of benzene rings is 2. The van der Waals surface area contributed by atoms with Crippen molar-refractivity contribution in [1.82, 2.24) is 9.88 Å². The number of ether oxygens (including phenoxy) is 1. The molecule has 1 aliphatic rings. The Morgan fingerprint density at radius 3 is 2.45 bits per heavy atom. The first kappa shape index (κ1) is 22.9. The van der Waals surface area contributed by atoms with Gasteiger partial charge in [0, 0.05) is 22.2 Å². The summed E-state index contributed by atoms with van der Waals surface area (Å²) in [6.07, 6.45) is -1.98. The summed E-state index contributed by atoms with van der Waals surface area (Å²) in [5, 5.41) is 5.23. The van der Waals surface area contributed by atoms with Crippen molar-refractivity contribution in [2.24, 2.45) is 4.99 Å². The first-order chi connectivity index (χ1) is 15.8. The molecule has 0 aliphatic carbocycles. The van der Waals surface area contributed by atoms with E-state index < -0.39 is 19.0 Å². The van der Waals surface area contributed by atoms with Crippen LogP contribution >= 0.6 is 11.8 Å². The van der Waals surface area contributed by atoms with Crippen molar-refractivity contribution >= 4 is 23.8 Å². The van der Waals surface area contributed by atoms with Gasteiger partial charge in [0.1, 0.15) is 11.6 Å². The van der Waals surface area contributed by atoms with Crippen molar-refractivity contribution in [2.75, 3.05) is 25.2 Å². The molecule has 0 fully saturated rings. The molecule has 1 aromatic heterocycles. The van der Waals surface area contributed by atoms with E-state index in [9.17, 15) is 18.0 Å². The highest BCUT2D eigenvalue weighted by molar-refractivity contribution is 7.98. The molecule has 0 spiro atoms. The van der Waals surface area contributed by atoms with Crippen molar-refractivity contribution in [3.63, 3.8) is 0 Å². The number of pyridine rings is 1. The minimum absolute atomic E-state index is 0.312. The molecule has 0 radical (unpaired) electrons. The second-order valence-electron chi connectivity index (χ2n) is 7.25. The van der Waals surface area contributed by atoms with Gasteiger partial charge in [0.05, 0.1) is 19.3 Å². The summed E-state index contributed by atoms with van der Waals surface area (Å²) >= 11 is 1.60. The summed E-state index contributed by atoms with van der Waals surface area (Å²) in [4.78, 5) is 18.8. The zero-order valence-corrected chi connectivity index (χ0v) is 18.6. The molecule has 1 atom stereocenters. The average molecular weight is 475 g/mol. The van der Waals surface area contributed by atoms with E-state index in [-0.39, 0.29) is 5.56 Å². The fraction of sp³-hybridized carbons (Fsp3) is 0.217. The maximum Gasteiger partial charge on any atom is 0.401 e. The molecule has 0 saturated carbocycles. The van der Waals surface area contributed by atoms with E-state index in [1.54, 1.807) is 42.1 Å². The lowest BCUT2D eigenvalue weighted by Crippen LogP contribution is -2.43. The molecule has 0 amide bonds. The molecule has 2 N–H and O–H groups in total. The molecule has 2 heterocycles. The Kier molecular flexibility index (Phi) is 6.48. The SMILES string of the molecule is COc1ccc(-n2c3c(cc(-c4ccc(SC)cc4)c2=O)C=NC(NCC(F)(F)F)N3)cc1. The smallest absolute Gasteiger partial charge is 0.401 e. The number of thioether (sulfide) groups is 1. The monoisotopic (exact) mass is 474 g/mol. The van der Waals surface area contributed by atoms with Crippen LogP contribution in [-0.2, 0) is 0 Å². The Bertz CT molecular complexity index is 1220. The summed E-state index contributed by atoms with van der Waals surface area (Å²) < 4.78 is 44.7. The molecule has 33 heavy (non-hydrogen) atoms. The number of halogens is 3. The molecule has 0 bridgehead atoms. The Morgan fingerprint density at radius 1 is 1.15 bits per heavy atom. The van der Waals surface area contributed by atoms with Crippen LogP contribution in [0.25, 0.3) is 16.8 Å². The van der Waals surface area contributed by atoms with Crippen molar-refractivity contribution in [3.8, 4) is 22.6 Å². The van der Waals surface area contributed by atoms with Gasteiger partial charge in [-0.25, -0.2) is 0 Å². The van der Waals surface area contributed by atoms with Gasteiger partial charge in [0.25, 0.3) is 5.56 Å². The van der Waals surface area contributed by atoms with Crippen LogP contribution in [0.1, 0.15) is 5.56 Å². The van der Waals surface area contributed by atoms with Crippen molar-refractivity contribution in [2.45, 2.75) is 17.4 Å². The molecule has 1 aliphatic heterocycles. The van der Waals surface area contributed by atoms with E-state index in [4.69, 9.17) is 4.74 Å². The molecule has 1 unspecified atom stereocenters. The van der Waals surface area contributed by atoms with E-state index in [0.29, 0.717) is 28.4 Å². The number of methoxy groups -OCH3 is 1. The number of rotatable bonds is 6. The zero-order valence-electron chi connectivity index (χ0n) is 17.8. The first-order valence-corrected chi connectivity index (χ1v) is 11.2. The molecule has 10 heteroatoms. The molecule has 2 aromatic carbocycles. The van der Waals surface area contributed by atoms with Crippen LogP contribution in [0.5, 0.6) is 5.75 Å². The Balaban J connectivity index is 1.83. The second-order valence-corrected chi connectivity index (χ2v) is 8.13. The van der Waals surface area contributed by atoms with Crippen LogP contribution in [0.3, 0.4) is 0 Å². The van der Waals surface area contributed by atoms with Crippen molar-refractivity contribution in [1.29, 1.82) is 0 Å². The van der Waals surface area contributed by atoms with Gasteiger partial charge in [0.15, 0.2) is 6.29 Å². The molecule has 4 rings (SSSR count). The maximum absolute atomic E-state index is 13.6. The topological polar surface area (TPSA) is 67.7 Å². The van der Waals surface area contributed by atoms with Crippen LogP contribution in [-0.4, -0.2) is 43.2 Å². The van der Waals surface area contributed by atoms with Gasteiger partial charge in [-0.05, 0) is 54.3 Å². The Morgan fingerprint density at radius 2 is 1.85 bits per heavy atom. The number of nitrogens with one attached hydrogen (secondary N) is 2. The Hall–Kier alpha value is -3.24. The first-order valence-electron chi connectivity index (χ1n) is 9.98. The van der Waals surface area contributed by atoms with E-state index in [2.05, 4.69) is 15.6 Å². The molecular formula is C23H21F3N4O2S. The predicted octanol–water partition coefficient (Wildman–Crippen LogP) is 4.51. The number of anilines is 1. The third kappa shape index (κ3) is 5.07. The van der Waals surface area contributed by atoms with Crippen LogP contribution in [0, 0.1) is 0 Å². The number of aromatic nitrogens is 1. The van der Waals surface area contributed by atoms with E-state index in [0.717, 1.165) is 10.5 Å². The summed E-state index contributed by atoms with van der Waals surface area (Å²) in [6, 6.07) is 16.2. The van der Waals surface area contributed by atoms with Crippen LogP contribution in [0.4, 0.5) is 19.0 Å². The van der Waals surface area contributed by atoms with Gasteiger partial charge in [-0.15, -0.1) is 11.8 Å². The number of aliphatic imine (C=N–C) groups is 1. The normalized spacial score (nSPS) is 15.1. The number of hydrogen-bond acceptors (Lipinski definition) is 6. The minimum atomic E-state index is -4.39. The highest BCUT2D eigenvalue weighted by Gasteiger charge is 2.29. The Labute approximate surface area is 192 Å². The maximum atomic E-state index is 13.6. The lowest BCUT2D eigenvalue weighted by Gasteiger charge is -2.26. The average Bonchev–Trinajstić information content (AvgIpc) is 2.82. The predicted molar refractivity (Wildman–Crippen MR) is 125 cm³/mol. The lowest BCUT2D eigenvalue weighted by atomic mass is 10.0. The molecule has 0 saturated heterocycles. The van der Waals surface area contributed by atoms with Crippen LogP contribution in [0.15, 0.2) is 69.3 Å². The van der Waals surface area contributed by atoms with E-state index in [1.807, 2.05) is 30.5 Å². The fourth-order valence-electron chi connectivity index (χ4n) is 3.48. The van der Waals surface area contributed by atoms with Crippen LogP contribution in [0.2, 0.25) is 0 Å². The number of alkyl halides is 3. The van der Waals surface area contributed by atoms with Crippen LogP contribution < -0.4 is 20.9 Å². The summed E-state index contributed by atoms with van der Waals surface area (Å²) in [5.74, 6) is 0.966. The highest BCUT2D eigenvalue weighted by atomic mass is 32.2. The van der Waals surface area contributed by atoms with E-state index in [1.165, 1.54) is 17.9 Å². The number of hydrogen-bond donors (Lipinski definition) is 2. The third-order valence-corrected chi connectivity index (χ3v) is 5.84. The second kappa shape index (κ2) is 9.32. The quantitative estimate of drug-likeness (QED) is 0.515. The molecule has 3 aromatic rings. The van der Waals surface area contributed by atoms with Gasteiger partial charge >= 0.3 is 6.18 Å². The number of fused-ring (bicyclic) bond motifs is 1. The summed E-state index contributed by atoms with van der Waals surface area (Å²) in [7, 11) is 1.54. The molecular weight excluding hydrogens is 453 g/mol.